The summed E-state index contributed by atoms with van der Waals surface area (Å²) in [6.45, 7) is 2.49. The van der Waals surface area contributed by atoms with Crippen LogP contribution in [0.5, 0.6) is 0 Å². The van der Waals surface area contributed by atoms with Crippen molar-refractivity contribution in [1.82, 2.24) is 9.62 Å². The summed E-state index contributed by atoms with van der Waals surface area (Å²) in [7, 11) is -3.67. The largest absolute Gasteiger partial charge is 0.336 e. The number of nitrogens with one attached hydrogen (secondary N) is 2. The van der Waals surface area contributed by atoms with Gasteiger partial charge in [0.05, 0.1) is 9.77 Å². The Morgan fingerprint density at radius 2 is 1.77 bits per heavy atom. The summed E-state index contributed by atoms with van der Waals surface area (Å²) >= 11 is 1.24. The van der Waals surface area contributed by atoms with E-state index in [2.05, 4.69) is 10.0 Å². The lowest BCUT2D eigenvalue weighted by molar-refractivity contribution is -0.127. The first-order valence-corrected chi connectivity index (χ1v) is 11.9. The van der Waals surface area contributed by atoms with E-state index in [4.69, 9.17) is 0 Å². The molecule has 0 saturated carbocycles. The maximum absolute atomic E-state index is 12.5. The first-order valence-electron chi connectivity index (χ1n) is 9.50. The Hall–Kier alpha value is -2.56. The van der Waals surface area contributed by atoms with Crippen LogP contribution in [-0.2, 0) is 19.6 Å². The summed E-state index contributed by atoms with van der Waals surface area (Å²) in [5.41, 5.74) is 0.524. The van der Waals surface area contributed by atoms with Gasteiger partial charge in [-0.25, -0.2) is 13.1 Å². The molecule has 1 aromatic heterocycles. The van der Waals surface area contributed by atoms with Gasteiger partial charge in [-0.1, -0.05) is 6.07 Å². The number of sulfonamides is 1. The van der Waals surface area contributed by atoms with E-state index < -0.39 is 21.7 Å². The van der Waals surface area contributed by atoms with Crippen molar-refractivity contribution >= 4 is 44.6 Å². The Balaban J connectivity index is 1.49. The van der Waals surface area contributed by atoms with Gasteiger partial charge in [0.1, 0.15) is 0 Å². The van der Waals surface area contributed by atoms with Crippen LogP contribution < -0.4 is 10.0 Å². The van der Waals surface area contributed by atoms with Gasteiger partial charge in [-0.05, 0) is 54.5 Å². The van der Waals surface area contributed by atoms with Crippen LogP contribution in [0.1, 0.15) is 29.4 Å². The van der Waals surface area contributed by atoms with Crippen LogP contribution in [0.15, 0.2) is 46.7 Å². The Kier molecular flexibility index (Phi) is 7.01. The summed E-state index contributed by atoms with van der Waals surface area (Å²) in [5, 5.41) is 4.34. The molecule has 0 bridgehead atoms. The van der Waals surface area contributed by atoms with Crippen LogP contribution in [0.2, 0.25) is 0 Å². The molecule has 0 unspecified atom stereocenters. The standard InChI is InChI=1S/C20H23N3O5S2/c1-14(24)22-16-4-6-17(7-5-16)30(27,28)21-13-15-8-10-23(11-9-15)20(26)19(25)18-3-2-12-29-18/h2-7,12,15,21H,8-11,13H2,1H3,(H,22,24). The van der Waals surface area contributed by atoms with Crippen molar-refractivity contribution in [1.29, 1.82) is 0 Å². The SMILES string of the molecule is CC(=O)Nc1ccc(S(=O)(=O)NCC2CCN(C(=O)C(=O)c3cccs3)CC2)cc1. The minimum Gasteiger partial charge on any atom is -0.336 e. The second kappa shape index (κ2) is 9.50. The summed E-state index contributed by atoms with van der Waals surface area (Å²) in [6.07, 6.45) is 1.24. The Morgan fingerprint density at radius 1 is 1.10 bits per heavy atom. The number of hydrogen-bond acceptors (Lipinski definition) is 6. The molecular weight excluding hydrogens is 426 g/mol. The smallest absolute Gasteiger partial charge is 0.295 e. The third-order valence-corrected chi connectivity index (χ3v) is 7.20. The second-order valence-electron chi connectivity index (χ2n) is 7.10. The van der Waals surface area contributed by atoms with E-state index in [9.17, 15) is 22.8 Å². The number of piperidine rings is 1. The lowest BCUT2D eigenvalue weighted by Crippen LogP contribution is -2.44. The average Bonchev–Trinajstić information content (AvgIpc) is 3.26. The molecule has 1 aromatic carbocycles. The monoisotopic (exact) mass is 449 g/mol. The highest BCUT2D eigenvalue weighted by Crippen LogP contribution is 2.20. The normalized spacial score (nSPS) is 15.0. The van der Waals surface area contributed by atoms with E-state index in [0.29, 0.717) is 36.5 Å². The lowest BCUT2D eigenvalue weighted by atomic mass is 9.97. The minimum atomic E-state index is -3.67. The number of carbonyl (C=O) groups excluding carboxylic acids is 3. The van der Waals surface area contributed by atoms with Gasteiger partial charge < -0.3 is 10.2 Å². The molecule has 2 N–H and O–H groups in total. The summed E-state index contributed by atoms with van der Waals surface area (Å²) in [6, 6.07) is 9.30. The number of benzene rings is 1. The van der Waals surface area contributed by atoms with Gasteiger partial charge in [0.2, 0.25) is 15.9 Å². The van der Waals surface area contributed by atoms with Crippen LogP contribution in [0.4, 0.5) is 5.69 Å². The first-order chi connectivity index (χ1) is 14.3. The molecule has 1 aliphatic rings. The topological polar surface area (TPSA) is 113 Å². The predicted molar refractivity (Wildman–Crippen MR) is 114 cm³/mol. The van der Waals surface area contributed by atoms with Crippen LogP contribution in [0, 0.1) is 5.92 Å². The molecule has 10 heteroatoms. The molecule has 1 aliphatic heterocycles. The van der Waals surface area contributed by atoms with Crippen molar-refractivity contribution in [3.63, 3.8) is 0 Å². The van der Waals surface area contributed by atoms with Gasteiger partial charge in [0.25, 0.3) is 11.7 Å². The minimum absolute atomic E-state index is 0.0827. The Morgan fingerprint density at radius 3 is 2.33 bits per heavy atom. The molecule has 8 nitrogen and oxygen atoms in total. The van der Waals surface area contributed by atoms with Gasteiger partial charge in [0, 0.05) is 32.2 Å². The zero-order valence-corrected chi connectivity index (χ0v) is 18.1. The molecule has 2 aromatic rings. The highest BCUT2D eigenvalue weighted by Gasteiger charge is 2.28. The van der Waals surface area contributed by atoms with Crippen LogP contribution in [0.25, 0.3) is 0 Å². The molecule has 0 aliphatic carbocycles. The van der Waals surface area contributed by atoms with Gasteiger partial charge >= 0.3 is 0 Å². The van der Waals surface area contributed by atoms with E-state index in [1.54, 1.807) is 17.5 Å². The van der Waals surface area contributed by atoms with Crippen LogP contribution in [0.3, 0.4) is 0 Å². The number of carbonyl (C=O) groups is 3. The fraction of sp³-hybridized carbons (Fsp3) is 0.350. The van der Waals surface area contributed by atoms with Gasteiger partial charge in [-0.2, -0.15) is 0 Å². The first kappa shape index (κ1) is 22.1. The molecule has 2 amide bonds. The quantitative estimate of drug-likeness (QED) is 0.497. The molecule has 160 valence electrons. The number of Topliss-reactive ketones (excluding diaryl/α,β-unsaturated/α-hetero) is 1. The summed E-state index contributed by atoms with van der Waals surface area (Å²) in [4.78, 5) is 37.7. The Labute approximate surface area is 179 Å². The molecule has 3 rings (SSSR count). The maximum atomic E-state index is 12.5. The van der Waals surface area contributed by atoms with E-state index in [-0.39, 0.29) is 23.3 Å². The van der Waals surface area contributed by atoms with E-state index in [0.717, 1.165) is 0 Å². The fourth-order valence-corrected chi connectivity index (χ4v) is 5.00. The molecule has 2 heterocycles. The van der Waals surface area contributed by atoms with Crippen molar-refractivity contribution < 1.29 is 22.8 Å². The number of rotatable bonds is 7. The third-order valence-electron chi connectivity index (χ3n) is 4.89. The zero-order valence-electron chi connectivity index (χ0n) is 16.5. The number of amides is 2. The number of ketones is 1. The Bertz CT molecular complexity index is 1010. The van der Waals surface area contributed by atoms with Crippen LogP contribution >= 0.6 is 11.3 Å². The van der Waals surface area contributed by atoms with Crippen molar-refractivity contribution in [3.8, 4) is 0 Å². The van der Waals surface area contributed by atoms with E-state index in [1.807, 2.05) is 0 Å². The maximum Gasteiger partial charge on any atom is 0.295 e. The molecule has 0 spiro atoms. The summed E-state index contributed by atoms with van der Waals surface area (Å²) < 4.78 is 27.6. The zero-order chi connectivity index (χ0) is 21.7. The average molecular weight is 450 g/mol. The number of anilines is 1. The molecule has 30 heavy (non-hydrogen) atoms. The van der Waals surface area contributed by atoms with Gasteiger partial charge in [-0.15, -0.1) is 11.3 Å². The molecule has 0 radical (unpaired) electrons. The highest BCUT2D eigenvalue weighted by molar-refractivity contribution is 7.89. The van der Waals surface area contributed by atoms with E-state index in [1.165, 1.54) is 47.4 Å². The number of nitrogens with zero attached hydrogens (tertiary/aromatic N) is 1. The molecular formula is C20H23N3O5S2. The third kappa shape index (κ3) is 5.53. The predicted octanol–water partition coefficient (Wildman–Crippen LogP) is 2.11. The summed E-state index contributed by atoms with van der Waals surface area (Å²) in [5.74, 6) is -1.15. The van der Waals surface area contributed by atoms with Crippen LogP contribution in [-0.4, -0.2) is 50.5 Å². The number of likely N-dealkylation sites (tertiary alicyclic amines) is 1. The number of thiophene rings is 1. The number of hydrogen-bond donors (Lipinski definition) is 2. The lowest BCUT2D eigenvalue weighted by Gasteiger charge is -2.31. The molecule has 1 saturated heterocycles. The molecule has 0 atom stereocenters. The van der Waals surface area contributed by atoms with E-state index >= 15 is 0 Å². The van der Waals surface area contributed by atoms with Gasteiger partial charge in [-0.3, -0.25) is 14.4 Å². The highest BCUT2D eigenvalue weighted by atomic mass is 32.2. The second-order valence-corrected chi connectivity index (χ2v) is 9.81. The molecule has 1 fully saturated rings. The van der Waals surface area contributed by atoms with Crippen molar-refractivity contribution in [3.05, 3.63) is 46.7 Å². The van der Waals surface area contributed by atoms with Crippen molar-refractivity contribution in [2.24, 2.45) is 5.92 Å². The van der Waals surface area contributed by atoms with Gasteiger partial charge in [0.15, 0.2) is 0 Å². The van der Waals surface area contributed by atoms with Crippen molar-refractivity contribution in [2.75, 3.05) is 25.0 Å². The van der Waals surface area contributed by atoms with Crippen molar-refractivity contribution in [2.45, 2.75) is 24.7 Å². The fourth-order valence-electron chi connectivity index (χ4n) is 3.23.